The summed E-state index contributed by atoms with van der Waals surface area (Å²) < 4.78 is 0. The van der Waals surface area contributed by atoms with Gasteiger partial charge in [0.05, 0.1) is 0 Å². The highest BCUT2D eigenvalue weighted by Gasteiger charge is 2.37. The monoisotopic (exact) mass is 136 g/mol. The Morgan fingerprint density at radius 2 is 2.20 bits per heavy atom. The van der Waals surface area contributed by atoms with E-state index in [0.717, 1.165) is 12.3 Å². The van der Waals surface area contributed by atoms with Crippen molar-refractivity contribution in [1.29, 1.82) is 0 Å². The van der Waals surface area contributed by atoms with Crippen LogP contribution in [0.15, 0.2) is 12.2 Å². The van der Waals surface area contributed by atoms with E-state index >= 15 is 0 Å². The van der Waals surface area contributed by atoms with Gasteiger partial charge in [0.1, 0.15) is 5.78 Å². The molecule has 3 atom stereocenters. The highest BCUT2D eigenvalue weighted by atomic mass is 16.1. The number of Topliss-reactive ketones (excluding diaryl/α,β-unsaturated/α-hetero) is 1. The number of ketones is 1. The van der Waals surface area contributed by atoms with E-state index in [-0.39, 0.29) is 0 Å². The molecule has 10 heavy (non-hydrogen) atoms. The molecular weight excluding hydrogens is 124 g/mol. The lowest BCUT2D eigenvalue weighted by Gasteiger charge is -2.13. The van der Waals surface area contributed by atoms with E-state index in [1.807, 2.05) is 0 Å². The van der Waals surface area contributed by atoms with Crippen LogP contribution in [0.2, 0.25) is 0 Å². The molecule has 2 rings (SSSR count). The van der Waals surface area contributed by atoms with Crippen LogP contribution < -0.4 is 0 Å². The molecule has 0 unspecified atom stereocenters. The first-order valence-corrected chi connectivity index (χ1v) is 3.96. The number of hydrogen-bond acceptors (Lipinski definition) is 1. The zero-order chi connectivity index (χ0) is 7.14. The highest BCUT2D eigenvalue weighted by molar-refractivity contribution is 5.79. The first-order valence-electron chi connectivity index (χ1n) is 3.96. The minimum Gasteiger partial charge on any atom is -0.300 e. The Balaban J connectivity index is 2.16. The number of allylic oxidation sites excluding steroid dienone is 2. The highest BCUT2D eigenvalue weighted by Crippen LogP contribution is 2.43. The van der Waals surface area contributed by atoms with Crippen LogP contribution in [0.25, 0.3) is 0 Å². The van der Waals surface area contributed by atoms with Gasteiger partial charge < -0.3 is 0 Å². The molecule has 54 valence electrons. The van der Waals surface area contributed by atoms with Gasteiger partial charge in [0.2, 0.25) is 0 Å². The molecule has 0 aromatic rings. The molecule has 2 bridgehead atoms. The van der Waals surface area contributed by atoms with Crippen LogP contribution >= 0.6 is 0 Å². The number of hydrogen-bond donors (Lipinski definition) is 0. The van der Waals surface area contributed by atoms with Crippen molar-refractivity contribution in [3.8, 4) is 0 Å². The van der Waals surface area contributed by atoms with Gasteiger partial charge in [-0.15, -0.1) is 0 Å². The molecule has 1 fully saturated rings. The van der Waals surface area contributed by atoms with Gasteiger partial charge in [-0.2, -0.15) is 0 Å². The Labute approximate surface area is 61.1 Å². The van der Waals surface area contributed by atoms with Crippen LogP contribution in [0, 0.1) is 17.8 Å². The summed E-state index contributed by atoms with van der Waals surface area (Å²) >= 11 is 0. The Morgan fingerprint density at radius 1 is 1.40 bits per heavy atom. The maximum absolute atomic E-state index is 11.0. The molecule has 1 nitrogen and oxygen atoms in total. The van der Waals surface area contributed by atoms with Gasteiger partial charge in [-0.05, 0) is 31.6 Å². The Hall–Kier alpha value is -0.590. The van der Waals surface area contributed by atoms with Crippen LogP contribution in [-0.2, 0) is 4.79 Å². The fraction of sp³-hybridized carbons (Fsp3) is 0.667. The molecule has 0 spiro atoms. The fourth-order valence-electron chi connectivity index (χ4n) is 2.25. The normalized spacial score (nSPS) is 42.7. The van der Waals surface area contributed by atoms with Crippen molar-refractivity contribution in [2.45, 2.75) is 19.8 Å². The topological polar surface area (TPSA) is 17.1 Å². The average molecular weight is 136 g/mol. The lowest BCUT2D eigenvalue weighted by Crippen LogP contribution is -2.15. The zero-order valence-electron chi connectivity index (χ0n) is 6.21. The minimum atomic E-state index is 0.370. The number of fused-ring (bicyclic) bond motifs is 2. The van der Waals surface area contributed by atoms with Gasteiger partial charge in [0, 0.05) is 5.92 Å². The molecule has 0 heterocycles. The Morgan fingerprint density at radius 3 is 2.50 bits per heavy atom. The summed E-state index contributed by atoms with van der Waals surface area (Å²) in [6, 6.07) is 0. The second-order valence-electron chi connectivity index (χ2n) is 3.50. The molecule has 0 amide bonds. The number of carbonyl (C=O) groups is 1. The summed E-state index contributed by atoms with van der Waals surface area (Å²) in [5.41, 5.74) is 0. The van der Waals surface area contributed by atoms with Crippen LogP contribution in [0.3, 0.4) is 0 Å². The van der Waals surface area contributed by atoms with E-state index in [2.05, 4.69) is 12.2 Å². The van der Waals surface area contributed by atoms with Crippen LogP contribution in [0.5, 0.6) is 0 Å². The molecule has 0 aromatic carbocycles. The average Bonchev–Trinajstić information content (AvgIpc) is 2.44. The molecule has 2 aliphatic rings. The molecule has 1 heteroatoms. The summed E-state index contributed by atoms with van der Waals surface area (Å²) in [6.45, 7) is 1.72. The molecule has 1 saturated carbocycles. The third kappa shape index (κ3) is 0.731. The molecule has 2 aliphatic carbocycles. The van der Waals surface area contributed by atoms with Crippen LogP contribution in [0.4, 0.5) is 0 Å². The largest absolute Gasteiger partial charge is 0.300 e. The van der Waals surface area contributed by atoms with Gasteiger partial charge in [0.15, 0.2) is 0 Å². The van der Waals surface area contributed by atoms with Crippen molar-refractivity contribution in [3.05, 3.63) is 12.2 Å². The third-order valence-electron chi connectivity index (χ3n) is 2.80. The quantitative estimate of drug-likeness (QED) is 0.502. The molecule has 0 aromatic heterocycles. The summed E-state index contributed by atoms with van der Waals surface area (Å²) in [5.74, 6) is 2.09. The third-order valence-corrected chi connectivity index (χ3v) is 2.80. The lowest BCUT2D eigenvalue weighted by atomic mass is 9.90. The number of carbonyl (C=O) groups excluding carboxylic acids is 1. The second kappa shape index (κ2) is 1.94. The van der Waals surface area contributed by atoms with Crippen molar-refractivity contribution in [2.75, 3.05) is 0 Å². The Bertz CT molecular complexity index is 193. The Kier molecular flexibility index (Phi) is 1.19. The van der Waals surface area contributed by atoms with Crippen molar-refractivity contribution in [1.82, 2.24) is 0 Å². The first-order chi connectivity index (χ1) is 4.77. The first kappa shape index (κ1) is 6.14. The maximum Gasteiger partial charge on any atom is 0.133 e. The van der Waals surface area contributed by atoms with E-state index < -0.39 is 0 Å². The van der Waals surface area contributed by atoms with Crippen molar-refractivity contribution in [2.24, 2.45) is 17.8 Å². The SMILES string of the molecule is CC(=O)[C@@H]1C[C@H]2C=C[C@H]1C2. The van der Waals surface area contributed by atoms with E-state index in [1.54, 1.807) is 6.92 Å². The zero-order valence-corrected chi connectivity index (χ0v) is 6.21. The second-order valence-corrected chi connectivity index (χ2v) is 3.50. The van der Waals surface area contributed by atoms with Crippen molar-refractivity contribution >= 4 is 5.78 Å². The predicted molar refractivity (Wildman–Crippen MR) is 39.5 cm³/mol. The van der Waals surface area contributed by atoms with E-state index in [9.17, 15) is 4.79 Å². The standard InChI is InChI=1S/C9H12O/c1-6(10)9-5-7-2-3-8(9)4-7/h2-3,7-9H,4-5H2,1H3/t7-,8-,9-/m0/s1. The number of rotatable bonds is 1. The maximum atomic E-state index is 11.0. The van der Waals surface area contributed by atoms with Crippen molar-refractivity contribution in [3.63, 3.8) is 0 Å². The van der Waals surface area contributed by atoms with E-state index in [0.29, 0.717) is 17.6 Å². The van der Waals surface area contributed by atoms with Gasteiger partial charge >= 0.3 is 0 Å². The minimum absolute atomic E-state index is 0.370. The van der Waals surface area contributed by atoms with Crippen LogP contribution in [-0.4, -0.2) is 5.78 Å². The van der Waals surface area contributed by atoms with Gasteiger partial charge in [-0.3, -0.25) is 4.79 Å². The molecular formula is C9H12O. The summed E-state index contributed by atoms with van der Waals surface area (Å²) in [6.07, 6.45) is 6.85. The van der Waals surface area contributed by atoms with E-state index in [4.69, 9.17) is 0 Å². The smallest absolute Gasteiger partial charge is 0.133 e. The molecule has 0 aliphatic heterocycles. The molecule has 0 N–H and O–H groups in total. The van der Waals surface area contributed by atoms with Gasteiger partial charge in [0.25, 0.3) is 0 Å². The van der Waals surface area contributed by atoms with Crippen LogP contribution in [0.1, 0.15) is 19.8 Å². The van der Waals surface area contributed by atoms with Gasteiger partial charge in [-0.25, -0.2) is 0 Å². The molecule has 0 saturated heterocycles. The van der Waals surface area contributed by atoms with Crippen molar-refractivity contribution < 1.29 is 4.79 Å². The molecule has 0 radical (unpaired) electrons. The fourth-order valence-corrected chi connectivity index (χ4v) is 2.25. The van der Waals surface area contributed by atoms with Gasteiger partial charge in [-0.1, -0.05) is 12.2 Å². The lowest BCUT2D eigenvalue weighted by molar-refractivity contribution is -0.121. The summed E-state index contributed by atoms with van der Waals surface area (Å²) in [5, 5.41) is 0. The predicted octanol–water partition coefficient (Wildman–Crippen LogP) is 1.79. The van der Waals surface area contributed by atoms with E-state index in [1.165, 1.54) is 6.42 Å². The summed E-state index contributed by atoms with van der Waals surface area (Å²) in [7, 11) is 0. The summed E-state index contributed by atoms with van der Waals surface area (Å²) in [4.78, 5) is 11.0.